The van der Waals surface area contributed by atoms with Crippen LogP contribution in [0, 0.1) is 0 Å². The van der Waals surface area contributed by atoms with Gasteiger partial charge >= 0.3 is 0 Å². The normalized spacial score (nSPS) is 14.0. The van der Waals surface area contributed by atoms with Crippen LogP contribution in [0.1, 0.15) is 50.2 Å². The third-order valence-corrected chi connectivity index (χ3v) is 7.49. The summed E-state index contributed by atoms with van der Waals surface area (Å²) >= 11 is 14.6. The maximum atomic E-state index is 12.1. The van der Waals surface area contributed by atoms with Gasteiger partial charge in [0.25, 0.3) is 0 Å². The summed E-state index contributed by atoms with van der Waals surface area (Å²) in [6, 6.07) is 12.1. The van der Waals surface area contributed by atoms with E-state index in [-0.39, 0.29) is 11.8 Å². The van der Waals surface area contributed by atoms with E-state index in [0.29, 0.717) is 41.0 Å². The predicted octanol–water partition coefficient (Wildman–Crippen LogP) is 6.41. The number of hydrogen-bond donors (Lipinski definition) is 1. The molecule has 2 amide bonds. The third kappa shape index (κ3) is 6.53. The van der Waals surface area contributed by atoms with Crippen LogP contribution in [-0.2, 0) is 9.59 Å². The van der Waals surface area contributed by atoms with Crippen LogP contribution in [0.5, 0.6) is 0 Å². The largest absolute Gasteiger partial charge is 0.352 e. The molecular formula is C25H28Cl2N2O2S. The Morgan fingerprint density at radius 2 is 1.94 bits per heavy atom. The summed E-state index contributed by atoms with van der Waals surface area (Å²) in [4.78, 5) is 27.6. The van der Waals surface area contributed by atoms with Crippen LogP contribution >= 0.6 is 35.0 Å². The lowest BCUT2D eigenvalue weighted by Crippen LogP contribution is -2.29. The monoisotopic (exact) mass is 490 g/mol. The van der Waals surface area contributed by atoms with Gasteiger partial charge in [-0.3, -0.25) is 9.59 Å². The van der Waals surface area contributed by atoms with Gasteiger partial charge in [-0.25, -0.2) is 0 Å². The van der Waals surface area contributed by atoms with E-state index >= 15 is 0 Å². The van der Waals surface area contributed by atoms with E-state index in [0.717, 1.165) is 29.2 Å². The van der Waals surface area contributed by atoms with E-state index in [1.165, 1.54) is 11.6 Å². The van der Waals surface area contributed by atoms with Crippen molar-refractivity contribution < 1.29 is 9.59 Å². The van der Waals surface area contributed by atoms with Crippen LogP contribution in [0.4, 0.5) is 0 Å². The highest BCUT2D eigenvalue weighted by Gasteiger charge is 2.19. The number of hydrogen-bond acceptors (Lipinski definition) is 3. The van der Waals surface area contributed by atoms with Gasteiger partial charge in [-0.15, -0.1) is 0 Å². The van der Waals surface area contributed by atoms with Gasteiger partial charge < -0.3 is 10.2 Å². The quantitative estimate of drug-likeness (QED) is 0.326. The maximum Gasteiger partial charge on any atom is 0.244 e. The zero-order valence-electron chi connectivity index (χ0n) is 18.4. The molecule has 0 aliphatic carbocycles. The number of carbonyl (C=O) groups is 2. The van der Waals surface area contributed by atoms with E-state index < -0.39 is 0 Å². The number of carbonyl (C=O) groups excluding carboxylic acids is 2. The standard InChI is InChI=1S/C25H28Cl2N2O2S/c1-17(2)19-7-3-4-8-20(19)32-21-12-10-18(24(26)25(21)27)11-13-22(30)28-14-6-16-29-15-5-9-23(29)31/h3-4,7-8,10-13,17H,5-6,9,14-16H2,1-2H3,(H,28,30). The van der Waals surface area contributed by atoms with Crippen molar-refractivity contribution in [3.05, 3.63) is 63.6 Å². The van der Waals surface area contributed by atoms with Crippen molar-refractivity contribution >= 4 is 52.9 Å². The Hall–Kier alpha value is -1.95. The average Bonchev–Trinajstić information content (AvgIpc) is 3.19. The molecule has 1 N–H and O–H groups in total. The summed E-state index contributed by atoms with van der Waals surface area (Å²) in [5.41, 5.74) is 1.95. The molecule has 1 fully saturated rings. The molecule has 0 saturated carbocycles. The molecule has 0 bridgehead atoms. The molecule has 1 aliphatic rings. The molecule has 0 radical (unpaired) electrons. The maximum absolute atomic E-state index is 12.1. The minimum Gasteiger partial charge on any atom is -0.352 e. The summed E-state index contributed by atoms with van der Waals surface area (Å²) in [7, 11) is 0. The fraction of sp³-hybridized carbons (Fsp3) is 0.360. The number of nitrogens with zero attached hydrogens (tertiary/aromatic N) is 1. The van der Waals surface area contributed by atoms with Crippen molar-refractivity contribution in [3.8, 4) is 0 Å². The Bertz CT molecular complexity index is 1010. The first-order valence-electron chi connectivity index (χ1n) is 10.8. The molecule has 32 heavy (non-hydrogen) atoms. The van der Waals surface area contributed by atoms with E-state index in [1.54, 1.807) is 17.8 Å². The van der Waals surface area contributed by atoms with Crippen LogP contribution in [0.15, 0.2) is 52.3 Å². The first-order chi connectivity index (χ1) is 15.4. The summed E-state index contributed by atoms with van der Waals surface area (Å²) in [5, 5.41) is 3.75. The lowest BCUT2D eigenvalue weighted by molar-refractivity contribution is -0.127. The second kappa shape index (κ2) is 11.8. The molecule has 1 heterocycles. The Morgan fingerprint density at radius 3 is 2.66 bits per heavy atom. The Kier molecular flexibility index (Phi) is 9.09. The molecule has 0 spiro atoms. The Morgan fingerprint density at radius 1 is 1.16 bits per heavy atom. The van der Waals surface area contributed by atoms with Crippen molar-refractivity contribution in [2.45, 2.75) is 48.8 Å². The van der Waals surface area contributed by atoms with Gasteiger partial charge in [0.2, 0.25) is 11.8 Å². The zero-order chi connectivity index (χ0) is 23.1. The Labute approximate surface area is 204 Å². The van der Waals surface area contributed by atoms with Gasteiger partial charge in [-0.05, 0) is 48.1 Å². The number of benzene rings is 2. The lowest BCUT2D eigenvalue weighted by atomic mass is 10.0. The number of halogens is 2. The SMILES string of the molecule is CC(C)c1ccccc1Sc1ccc(C=CC(=O)NCCCN2CCCC2=O)c(Cl)c1Cl. The van der Waals surface area contributed by atoms with E-state index in [1.807, 2.05) is 29.2 Å². The van der Waals surface area contributed by atoms with Gasteiger partial charge in [0, 0.05) is 41.9 Å². The van der Waals surface area contributed by atoms with Crippen molar-refractivity contribution in [1.29, 1.82) is 0 Å². The van der Waals surface area contributed by atoms with Crippen molar-refractivity contribution in [2.24, 2.45) is 0 Å². The summed E-state index contributed by atoms with van der Waals surface area (Å²) in [5.74, 6) is 0.413. The van der Waals surface area contributed by atoms with Gasteiger partial charge in [0.05, 0.1) is 10.0 Å². The summed E-state index contributed by atoms with van der Waals surface area (Å²) < 4.78 is 0. The molecule has 0 unspecified atom stereocenters. The van der Waals surface area contributed by atoms with Crippen LogP contribution in [0.3, 0.4) is 0 Å². The lowest BCUT2D eigenvalue weighted by Gasteiger charge is -2.15. The highest BCUT2D eigenvalue weighted by atomic mass is 35.5. The summed E-state index contributed by atoms with van der Waals surface area (Å²) in [6.45, 7) is 6.36. The van der Waals surface area contributed by atoms with Crippen molar-refractivity contribution in [1.82, 2.24) is 10.2 Å². The van der Waals surface area contributed by atoms with Gasteiger partial charge in [0.15, 0.2) is 0 Å². The van der Waals surface area contributed by atoms with E-state index in [9.17, 15) is 9.59 Å². The highest BCUT2D eigenvalue weighted by Crippen LogP contribution is 2.41. The molecule has 7 heteroatoms. The topological polar surface area (TPSA) is 49.4 Å². The van der Waals surface area contributed by atoms with Crippen LogP contribution in [0.2, 0.25) is 10.0 Å². The predicted molar refractivity (Wildman–Crippen MR) is 134 cm³/mol. The number of nitrogens with one attached hydrogen (secondary N) is 1. The van der Waals surface area contributed by atoms with Gasteiger partial charge in [0.1, 0.15) is 0 Å². The fourth-order valence-electron chi connectivity index (χ4n) is 3.57. The van der Waals surface area contributed by atoms with Gasteiger partial charge in [-0.2, -0.15) is 0 Å². The molecular weight excluding hydrogens is 463 g/mol. The van der Waals surface area contributed by atoms with Crippen LogP contribution in [-0.4, -0.2) is 36.3 Å². The highest BCUT2D eigenvalue weighted by molar-refractivity contribution is 7.99. The second-order valence-corrected chi connectivity index (χ2v) is 9.88. The second-order valence-electron chi connectivity index (χ2n) is 8.04. The Balaban J connectivity index is 1.57. The van der Waals surface area contributed by atoms with E-state index in [2.05, 4.69) is 31.3 Å². The first-order valence-corrected chi connectivity index (χ1v) is 12.4. The van der Waals surface area contributed by atoms with Gasteiger partial charge in [-0.1, -0.05) is 73.1 Å². The minimum atomic E-state index is -0.200. The van der Waals surface area contributed by atoms with Crippen molar-refractivity contribution in [3.63, 3.8) is 0 Å². The average molecular weight is 491 g/mol. The molecule has 3 rings (SSSR count). The summed E-state index contributed by atoms with van der Waals surface area (Å²) in [6.07, 6.45) is 5.43. The molecule has 2 aromatic rings. The zero-order valence-corrected chi connectivity index (χ0v) is 20.7. The third-order valence-electron chi connectivity index (χ3n) is 5.33. The van der Waals surface area contributed by atoms with E-state index in [4.69, 9.17) is 23.2 Å². The molecule has 1 aliphatic heterocycles. The number of rotatable bonds is 9. The van der Waals surface area contributed by atoms with Crippen LogP contribution in [0.25, 0.3) is 6.08 Å². The minimum absolute atomic E-state index is 0.200. The molecule has 0 atom stereocenters. The number of amides is 2. The molecule has 0 aromatic heterocycles. The first kappa shape index (κ1) is 24.7. The van der Waals surface area contributed by atoms with Crippen LogP contribution < -0.4 is 5.32 Å². The molecule has 2 aromatic carbocycles. The molecule has 170 valence electrons. The van der Waals surface area contributed by atoms with Crippen molar-refractivity contribution in [2.75, 3.05) is 19.6 Å². The number of likely N-dealkylation sites (tertiary alicyclic amines) is 1. The fourth-order valence-corrected chi connectivity index (χ4v) is 5.27. The molecule has 1 saturated heterocycles. The smallest absolute Gasteiger partial charge is 0.244 e. The molecule has 4 nitrogen and oxygen atoms in total.